The standard InChI is InChI=1S/C20H14BrNO5/c1-27-17-10-11(9-14(21)19(17)24)8-13(18(23)20(25)26)16-7-6-12-4-2-3-5-15(12)22-16/h2-10,24H,1H3,(H,25,26). The molecule has 0 bridgehead atoms. The molecule has 0 fully saturated rings. The number of pyridine rings is 1. The second kappa shape index (κ2) is 7.59. The molecule has 27 heavy (non-hydrogen) atoms. The fourth-order valence-electron chi connectivity index (χ4n) is 2.59. The predicted octanol–water partition coefficient (Wildman–Crippen LogP) is 3.91. The number of hydrogen-bond acceptors (Lipinski definition) is 5. The Kier molecular flexibility index (Phi) is 5.23. The van der Waals surface area contributed by atoms with Gasteiger partial charge in [-0.15, -0.1) is 0 Å². The lowest BCUT2D eigenvalue weighted by Gasteiger charge is -2.09. The number of aliphatic carboxylic acids is 1. The van der Waals surface area contributed by atoms with Crippen LogP contribution in [0.2, 0.25) is 0 Å². The molecule has 0 aliphatic carbocycles. The van der Waals surface area contributed by atoms with Gasteiger partial charge in [-0.1, -0.05) is 24.3 Å². The van der Waals surface area contributed by atoms with Crippen molar-refractivity contribution in [3.05, 3.63) is 64.3 Å². The third-order valence-electron chi connectivity index (χ3n) is 3.89. The number of ketones is 1. The van der Waals surface area contributed by atoms with E-state index in [2.05, 4.69) is 20.9 Å². The number of carboxylic acid groups (broad SMARTS) is 1. The quantitative estimate of drug-likeness (QED) is 0.473. The Morgan fingerprint density at radius 2 is 1.89 bits per heavy atom. The Hall–Kier alpha value is -3.19. The first-order valence-corrected chi connectivity index (χ1v) is 8.62. The van der Waals surface area contributed by atoms with Crippen LogP contribution < -0.4 is 4.74 Å². The van der Waals surface area contributed by atoms with Crippen LogP contribution in [0.5, 0.6) is 11.5 Å². The lowest BCUT2D eigenvalue weighted by molar-refractivity contribution is -0.146. The van der Waals surface area contributed by atoms with Crippen LogP contribution in [0.1, 0.15) is 11.3 Å². The minimum absolute atomic E-state index is 0.0760. The molecule has 0 radical (unpaired) electrons. The number of ether oxygens (including phenoxy) is 1. The molecule has 1 heterocycles. The number of phenolic OH excluding ortho intramolecular Hbond substituents is 1. The van der Waals surface area contributed by atoms with Gasteiger partial charge < -0.3 is 14.9 Å². The molecular weight excluding hydrogens is 414 g/mol. The topological polar surface area (TPSA) is 96.7 Å². The number of benzene rings is 2. The van der Waals surface area contributed by atoms with Gasteiger partial charge in [-0.05, 0) is 51.8 Å². The van der Waals surface area contributed by atoms with Crippen molar-refractivity contribution in [2.45, 2.75) is 0 Å². The van der Waals surface area contributed by atoms with Crippen LogP contribution >= 0.6 is 15.9 Å². The van der Waals surface area contributed by atoms with Crippen LogP contribution in [-0.4, -0.2) is 34.1 Å². The summed E-state index contributed by atoms with van der Waals surface area (Å²) in [5.41, 5.74) is 1.27. The molecule has 0 amide bonds. The van der Waals surface area contributed by atoms with Gasteiger partial charge in [0.05, 0.1) is 28.4 Å². The van der Waals surface area contributed by atoms with E-state index >= 15 is 0 Å². The van der Waals surface area contributed by atoms with Crippen molar-refractivity contribution in [1.29, 1.82) is 0 Å². The number of phenols is 1. The molecule has 0 spiro atoms. The van der Waals surface area contributed by atoms with E-state index in [1.54, 1.807) is 24.3 Å². The molecular formula is C20H14BrNO5. The van der Waals surface area contributed by atoms with Gasteiger partial charge in [0.1, 0.15) is 0 Å². The van der Waals surface area contributed by atoms with Crippen molar-refractivity contribution in [3.63, 3.8) is 0 Å². The van der Waals surface area contributed by atoms with Crippen molar-refractivity contribution in [3.8, 4) is 11.5 Å². The normalized spacial score (nSPS) is 11.4. The lowest BCUT2D eigenvalue weighted by Crippen LogP contribution is -2.15. The summed E-state index contributed by atoms with van der Waals surface area (Å²) in [5.74, 6) is -2.57. The average Bonchev–Trinajstić information content (AvgIpc) is 2.67. The monoisotopic (exact) mass is 427 g/mol. The summed E-state index contributed by atoms with van der Waals surface area (Å²) in [6.45, 7) is 0. The van der Waals surface area contributed by atoms with Crippen molar-refractivity contribution >= 4 is 50.2 Å². The number of rotatable bonds is 5. The summed E-state index contributed by atoms with van der Waals surface area (Å²) in [6.07, 6.45) is 1.40. The van der Waals surface area contributed by atoms with E-state index in [9.17, 15) is 19.8 Å². The summed E-state index contributed by atoms with van der Waals surface area (Å²) in [4.78, 5) is 28.0. The minimum Gasteiger partial charge on any atom is -0.503 e. The molecule has 0 atom stereocenters. The van der Waals surface area contributed by atoms with Crippen LogP contribution in [-0.2, 0) is 9.59 Å². The lowest BCUT2D eigenvalue weighted by atomic mass is 10.0. The van der Waals surface area contributed by atoms with Gasteiger partial charge in [0.15, 0.2) is 11.5 Å². The molecule has 2 aromatic carbocycles. The number of methoxy groups -OCH3 is 1. The predicted molar refractivity (Wildman–Crippen MR) is 105 cm³/mol. The number of carbonyl (C=O) groups excluding carboxylic acids is 1. The number of nitrogens with zero attached hydrogens (tertiary/aromatic N) is 1. The molecule has 0 saturated carbocycles. The zero-order valence-electron chi connectivity index (χ0n) is 14.1. The number of aromatic nitrogens is 1. The van der Waals surface area contributed by atoms with Gasteiger partial charge in [0.25, 0.3) is 5.78 Å². The highest BCUT2D eigenvalue weighted by Gasteiger charge is 2.21. The van der Waals surface area contributed by atoms with Crippen LogP contribution in [0.3, 0.4) is 0 Å². The van der Waals surface area contributed by atoms with Crippen LogP contribution in [0.25, 0.3) is 22.6 Å². The number of para-hydroxylation sites is 1. The van der Waals surface area contributed by atoms with E-state index < -0.39 is 11.8 Å². The van der Waals surface area contributed by atoms with Crippen molar-refractivity contribution in [2.75, 3.05) is 7.11 Å². The zero-order valence-corrected chi connectivity index (χ0v) is 15.7. The average molecular weight is 428 g/mol. The molecule has 7 heteroatoms. The zero-order chi connectivity index (χ0) is 19.6. The van der Waals surface area contributed by atoms with Crippen LogP contribution in [0.15, 0.2) is 53.0 Å². The Bertz CT molecular complexity index is 1090. The Morgan fingerprint density at radius 3 is 2.59 bits per heavy atom. The van der Waals surface area contributed by atoms with E-state index in [1.165, 1.54) is 19.3 Å². The summed E-state index contributed by atoms with van der Waals surface area (Å²) in [7, 11) is 1.39. The first-order chi connectivity index (χ1) is 12.9. The first kappa shape index (κ1) is 18.6. The molecule has 0 saturated heterocycles. The van der Waals surface area contributed by atoms with Gasteiger partial charge in [0.2, 0.25) is 0 Å². The second-order valence-electron chi connectivity index (χ2n) is 5.64. The number of Topliss-reactive ketones (excluding diaryl/α,β-unsaturated/α-hetero) is 1. The number of aromatic hydroxyl groups is 1. The van der Waals surface area contributed by atoms with E-state index in [1.807, 2.05) is 18.2 Å². The molecule has 3 aromatic rings. The number of carboxylic acids is 1. The van der Waals surface area contributed by atoms with E-state index in [0.717, 1.165) is 5.39 Å². The Morgan fingerprint density at radius 1 is 1.15 bits per heavy atom. The fraction of sp³-hybridized carbons (Fsp3) is 0.0500. The van der Waals surface area contributed by atoms with Crippen molar-refractivity contribution in [2.24, 2.45) is 0 Å². The minimum atomic E-state index is -1.58. The molecule has 1 aromatic heterocycles. The third kappa shape index (κ3) is 3.83. The molecule has 6 nitrogen and oxygen atoms in total. The summed E-state index contributed by atoms with van der Waals surface area (Å²) < 4.78 is 5.44. The number of fused-ring (bicyclic) bond motifs is 1. The Balaban J connectivity index is 2.19. The fourth-order valence-corrected chi connectivity index (χ4v) is 3.05. The van der Waals surface area contributed by atoms with Gasteiger partial charge >= 0.3 is 5.97 Å². The van der Waals surface area contributed by atoms with Crippen LogP contribution in [0.4, 0.5) is 0 Å². The van der Waals surface area contributed by atoms with Crippen molar-refractivity contribution < 1.29 is 24.5 Å². The number of carbonyl (C=O) groups is 2. The maximum absolute atomic E-state index is 12.3. The van der Waals surface area contributed by atoms with E-state index in [-0.39, 0.29) is 22.8 Å². The third-order valence-corrected chi connectivity index (χ3v) is 4.50. The highest BCUT2D eigenvalue weighted by molar-refractivity contribution is 9.10. The maximum Gasteiger partial charge on any atom is 0.377 e. The molecule has 0 aliphatic heterocycles. The summed E-state index contributed by atoms with van der Waals surface area (Å²) in [5, 5.41) is 20.0. The smallest absolute Gasteiger partial charge is 0.377 e. The summed E-state index contributed by atoms with van der Waals surface area (Å²) >= 11 is 3.21. The molecule has 136 valence electrons. The summed E-state index contributed by atoms with van der Waals surface area (Å²) in [6, 6.07) is 13.7. The SMILES string of the molecule is COc1cc(C=C(C(=O)C(=O)O)c2ccc3ccccc3n2)cc(Br)c1O. The number of halogens is 1. The maximum atomic E-state index is 12.3. The Labute approximate surface area is 162 Å². The highest BCUT2D eigenvalue weighted by Crippen LogP contribution is 2.36. The molecule has 0 aliphatic rings. The number of hydrogen-bond donors (Lipinski definition) is 2. The molecule has 0 unspecified atom stereocenters. The largest absolute Gasteiger partial charge is 0.503 e. The van der Waals surface area contributed by atoms with E-state index in [4.69, 9.17) is 4.74 Å². The van der Waals surface area contributed by atoms with Gasteiger partial charge in [0, 0.05) is 5.39 Å². The van der Waals surface area contributed by atoms with Gasteiger partial charge in [-0.2, -0.15) is 0 Å². The van der Waals surface area contributed by atoms with Crippen LogP contribution in [0, 0.1) is 0 Å². The highest BCUT2D eigenvalue weighted by atomic mass is 79.9. The van der Waals surface area contributed by atoms with Gasteiger partial charge in [-0.25, -0.2) is 9.78 Å². The van der Waals surface area contributed by atoms with Gasteiger partial charge in [-0.3, -0.25) is 4.79 Å². The van der Waals surface area contributed by atoms with E-state index in [0.29, 0.717) is 15.6 Å². The molecule has 3 rings (SSSR count). The molecule has 2 N–H and O–H groups in total. The van der Waals surface area contributed by atoms with Crippen molar-refractivity contribution in [1.82, 2.24) is 4.98 Å². The first-order valence-electron chi connectivity index (χ1n) is 7.82. The second-order valence-corrected chi connectivity index (χ2v) is 6.49.